The highest BCUT2D eigenvalue weighted by molar-refractivity contribution is 5.81. The van der Waals surface area contributed by atoms with Crippen molar-refractivity contribution in [2.75, 3.05) is 13.1 Å². The van der Waals surface area contributed by atoms with Gasteiger partial charge >= 0.3 is 0 Å². The van der Waals surface area contributed by atoms with Crippen LogP contribution in [0.15, 0.2) is 12.4 Å². The number of imidazole rings is 1. The minimum Gasteiger partial charge on any atom is -0.355 e. The number of rotatable bonds is 6. The van der Waals surface area contributed by atoms with Gasteiger partial charge in [-0.3, -0.25) is 4.79 Å². The van der Waals surface area contributed by atoms with Crippen LogP contribution in [0.1, 0.15) is 19.7 Å². The summed E-state index contributed by atoms with van der Waals surface area (Å²) >= 11 is 0. The number of nitrogens with one attached hydrogen (secondary N) is 2. The van der Waals surface area contributed by atoms with Crippen molar-refractivity contribution in [1.82, 2.24) is 20.2 Å². The fourth-order valence-electron chi connectivity index (χ4n) is 1.46. The highest BCUT2D eigenvalue weighted by Crippen LogP contribution is 1.94. The number of nitrogens with zero attached hydrogens (tertiary/aromatic N) is 2. The molecule has 0 aliphatic rings. The van der Waals surface area contributed by atoms with Crippen molar-refractivity contribution in [3.05, 3.63) is 18.2 Å². The maximum Gasteiger partial charge on any atom is 0.236 e. The minimum absolute atomic E-state index is 0.0438. The topological polar surface area (TPSA) is 59.0 Å². The van der Waals surface area contributed by atoms with Crippen molar-refractivity contribution >= 4 is 5.91 Å². The van der Waals surface area contributed by atoms with Crippen LogP contribution in [-0.2, 0) is 18.3 Å². The normalized spacial score (nSPS) is 12.4. The Labute approximate surface area is 96.3 Å². The molecule has 5 heteroatoms. The highest BCUT2D eigenvalue weighted by atomic mass is 16.2. The summed E-state index contributed by atoms with van der Waals surface area (Å²) in [5, 5.41) is 5.95. The molecular weight excluding hydrogens is 204 g/mol. The standard InChI is InChI=1S/C11H20N4O/c1-4-12-11(16)9(2)13-6-5-10-14-7-8-15(10)3/h7-9,13H,4-6H2,1-3H3,(H,12,16). The molecule has 0 saturated carbocycles. The summed E-state index contributed by atoms with van der Waals surface area (Å²) in [7, 11) is 1.97. The van der Waals surface area contributed by atoms with E-state index in [1.165, 1.54) is 0 Å². The Hall–Kier alpha value is -1.36. The molecule has 1 heterocycles. The second kappa shape index (κ2) is 6.27. The average Bonchev–Trinajstić information content (AvgIpc) is 2.65. The maximum absolute atomic E-state index is 11.4. The number of likely N-dealkylation sites (N-methyl/N-ethyl adjacent to an activating group) is 1. The first-order valence-corrected chi connectivity index (χ1v) is 5.62. The molecule has 16 heavy (non-hydrogen) atoms. The molecule has 0 fully saturated rings. The molecule has 2 N–H and O–H groups in total. The average molecular weight is 224 g/mol. The van der Waals surface area contributed by atoms with Crippen LogP contribution in [0, 0.1) is 0 Å². The maximum atomic E-state index is 11.4. The molecular formula is C11H20N4O. The smallest absolute Gasteiger partial charge is 0.236 e. The summed E-state index contributed by atoms with van der Waals surface area (Å²) in [4.78, 5) is 15.6. The van der Waals surface area contributed by atoms with E-state index < -0.39 is 0 Å². The van der Waals surface area contributed by atoms with E-state index in [0.717, 1.165) is 18.8 Å². The van der Waals surface area contributed by atoms with Gasteiger partial charge in [-0.1, -0.05) is 0 Å². The summed E-state index contributed by atoms with van der Waals surface area (Å²) in [6.45, 7) is 5.20. The molecule has 1 aromatic heterocycles. The largest absolute Gasteiger partial charge is 0.355 e. The van der Waals surface area contributed by atoms with Crippen molar-refractivity contribution in [1.29, 1.82) is 0 Å². The Balaban J connectivity index is 2.25. The van der Waals surface area contributed by atoms with Crippen LogP contribution < -0.4 is 10.6 Å². The predicted octanol–water partition coefficient (Wildman–Crippen LogP) is 0.0768. The van der Waals surface area contributed by atoms with Crippen LogP contribution in [0.3, 0.4) is 0 Å². The van der Waals surface area contributed by atoms with Crippen molar-refractivity contribution in [3.8, 4) is 0 Å². The number of hydrogen-bond donors (Lipinski definition) is 2. The zero-order chi connectivity index (χ0) is 12.0. The first-order valence-electron chi connectivity index (χ1n) is 5.62. The van der Waals surface area contributed by atoms with E-state index in [2.05, 4.69) is 15.6 Å². The number of amides is 1. The summed E-state index contributed by atoms with van der Waals surface area (Å²) < 4.78 is 1.98. The van der Waals surface area contributed by atoms with Gasteiger partial charge in [0.05, 0.1) is 6.04 Å². The molecule has 0 radical (unpaired) electrons. The third-order valence-corrected chi connectivity index (χ3v) is 2.46. The van der Waals surface area contributed by atoms with E-state index >= 15 is 0 Å². The molecule has 90 valence electrons. The van der Waals surface area contributed by atoms with Gasteiger partial charge in [-0.15, -0.1) is 0 Å². The van der Waals surface area contributed by atoms with Gasteiger partial charge in [-0.05, 0) is 13.8 Å². The van der Waals surface area contributed by atoms with Gasteiger partial charge in [-0.25, -0.2) is 4.98 Å². The zero-order valence-corrected chi connectivity index (χ0v) is 10.2. The quantitative estimate of drug-likeness (QED) is 0.719. The molecule has 1 amide bonds. The van der Waals surface area contributed by atoms with Crippen LogP contribution in [0.25, 0.3) is 0 Å². The molecule has 0 bridgehead atoms. The number of carbonyl (C=O) groups excluding carboxylic acids is 1. The Kier molecular flexibility index (Phi) is 4.98. The predicted molar refractivity (Wildman–Crippen MR) is 63.1 cm³/mol. The highest BCUT2D eigenvalue weighted by Gasteiger charge is 2.10. The fraction of sp³-hybridized carbons (Fsp3) is 0.636. The van der Waals surface area contributed by atoms with Gasteiger partial charge in [0.1, 0.15) is 5.82 Å². The molecule has 0 spiro atoms. The number of carbonyl (C=O) groups is 1. The van der Waals surface area contributed by atoms with E-state index in [4.69, 9.17) is 0 Å². The lowest BCUT2D eigenvalue weighted by Crippen LogP contribution is -2.42. The van der Waals surface area contributed by atoms with E-state index in [-0.39, 0.29) is 11.9 Å². The molecule has 0 aliphatic carbocycles. The van der Waals surface area contributed by atoms with E-state index in [0.29, 0.717) is 6.54 Å². The minimum atomic E-state index is -0.153. The summed E-state index contributed by atoms with van der Waals surface area (Å²) in [5.41, 5.74) is 0. The van der Waals surface area contributed by atoms with Gasteiger partial charge in [0.25, 0.3) is 0 Å². The molecule has 1 unspecified atom stereocenters. The molecule has 1 atom stereocenters. The second-order valence-electron chi connectivity index (χ2n) is 3.77. The third-order valence-electron chi connectivity index (χ3n) is 2.46. The Morgan fingerprint density at radius 3 is 2.94 bits per heavy atom. The van der Waals surface area contributed by atoms with Crippen LogP contribution >= 0.6 is 0 Å². The Morgan fingerprint density at radius 1 is 1.62 bits per heavy atom. The molecule has 5 nitrogen and oxygen atoms in total. The van der Waals surface area contributed by atoms with Crippen LogP contribution in [0.4, 0.5) is 0 Å². The summed E-state index contributed by atoms with van der Waals surface area (Å²) in [6.07, 6.45) is 4.53. The monoisotopic (exact) mass is 224 g/mol. The Morgan fingerprint density at radius 2 is 2.38 bits per heavy atom. The SMILES string of the molecule is CCNC(=O)C(C)NCCc1nccn1C. The van der Waals surface area contributed by atoms with Gasteiger partial charge in [0, 0.05) is 39.0 Å². The van der Waals surface area contributed by atoms with Crippen LogP contribution in [0.2, 0.25) is 0 Å². The van der Waals surface area contributed by atoms with Crippen molar-refractivity contribution in [2.24, 2.45) is 7.05 Å². The van der Waals surface area contributed by atoms with Crippen LogP contribution in [0.5, 0.6) is 0 Å². The molecule has 1 aromatic rings. The molecule has 0 aromatic carbocycles. The lowest BCUT2D eigenvalue weighted by atomic mass is 10.3. The van der Waals surface area contributed by atoms with Gasteiger partial charge < -0.3 is 15.2 Å². The summed E-state index contributed by atoms with van der Waals surface area (Å²) in [5.74, 6) is 1.07. The number of aryl methyl sites for hydroxylation is 1. The fourth-order valence-corrected chi connectivity index (χ4v) is 1.46. The molecule has 0 aliphatic heterocycles. The number of hydrogen-bond acceptors (Lipinski definition) is 3. The lowest BCUT2D eigenvalue weighted by Gasteiger charge is -2.12. The Bertz CT molecular complexity index is 334. The van der Waals surface area contributed by atoms with Gasteiger partial charge in [0.2, 0.25) is 5.91 Å². The first-order chi connectivity index (χ1) is 7.65. The third kappa shape index (κ3) is 3.66. The van der Waals surface area contributed by atoms with Crippen molar-refractivity contribution in [2.45, 2.75) is 26.3 Å². The van der Waals surface area contributed by atoms with E-state index in [1.54, 1.807) is 6.20 Å². The first kappa shape index (κ1) is 12.7. The van der Waals surface area contributed by atoms with Crippen LogP contribution in [-0.4, -0.2) is 34.6 Å². The van der Waals surface area contributed by atoms with Gasteiger partial charge in [0.15, 0.2) is 0 Å². The zero-order valence-electron chi connectivity index (χ0n) is 10.2. The molecule has 1 rings (SSSR count). The number of aromatic nitrogens is 2. The lowest BCUT2D eigenvalue weighted by molar-refractivity contribution is -0.122. The van der Waals surface area contributed by atoms with E-state index in [9.17, 15) is 4.79 Å². The van der Waals surface area contributed by atoms with Gasteiger partial charge in [-0.2, -0.15) is 0 Å². The second-order valence-corrected chi connectivity index (χ2v) is 3.77. The molecule has 0 saturated heterocycles. The summed E-state index contributed by atoms with van der Waals surface area (Å²) in [6, 6.07) is -0.153. The van der Waals surface area contributed by atoms with Crippen molar-refractivity contribution < 1.29 is 4.79 Å². The van der Waals surface area contributed by atoms with E-state index in [1.807, 2.05) is 31.7 Å². The van der Waals surface area contributed by atoms with Crippen molar-refractivity contribution in [3.63, 3.8) is 0 Å².